The first kappa shape index (κ1) is 31.7. The van der Waals surface area contributed by atoms with E-state index in [0.717, 1.165) is 12.1 Å². The number of nitrogens with zero attached hydrogens (tertiary/aromatic N) is 3. The second kappa shape index (κ2) is 15.2. The Bertz CT molecular complexity index is 1440. The van der Waals surface area contributed by atoms with Crippen LogP contribution in [-0.4, -0.2) is 43.9 Å². The van der Waals surface area contributed by atoms with Crippen molar-refractivity contribution < 1.29 is 42.0 Å². The minimum absolute atomic E-state index is 0.00251. The second-order valence-electron chi connectivity index (χ2n) is 8.59. The number of esters is 1. The number of carbonyl (C=O) groups is 1. The average molecular weight is 586 g/mol. The first-order valence-corrected chi connectivity index (χ1v) is 12.7. The summed E-state index contributed by atoms with van der Waals surface area (Å²) in [6.45, 7) is 3.75. The van der Waals surface area contributed by atoms with Gasteiger partial charge in [-0.05, 0) is 55.8 Å². The molecule has 9 nitrogen and oxygen atoms in total. The van der Waals surface area contributed by atoms with Gasteiger partial charge in [-0.25, -0.2) is 4.79 Å². The lowest BCUT2D eigenvalue weighted by molar-refractivity contribution is -0.137. The van der Waals surface area contributed by atoms with Gasteiger partial charge in [0.15, 0.2) is 5.71 Å². The molecule has 12 heteroatoms. The molecule has 0 amide bonds. The van der Waals surface area contributed by atoms with Crippen LogP contribution in [0.25, 0.3) is 0 Å². The van der Waals surface area contributed by atoms with Crippen LogP contribution in [0, 0.1) is 0 Å². The van der Waals surface area contributed by atoms with Gasteiger partial charge in [0.05, 0.1) is 12.7 Å². The van der Waals surface area contributed by atoms with Crippen molar-refractivity contribution in [3.05, 3.63) is 101 Å². The summed E-state index contributed by atoms with van der Waals surface area (Å²) in [6, 6.07) is 18.7. The topological polar surface area (TPSA) is 100 Å². The maximum Gasteiger partial charge on any atom is 0.416 e. The van der Waals surface area contributed by atoms with Crippen molar-refractivity contribution in [1.82, 2.24) is 0 Å². The summed E-state index contributed by atoms with van der Waals surface area (Å²) in [6.07, 6.45) is -4.43. The van der Waals surface area contributed by atoms with Crippen molar-refractivity contribution in [1.29, 1.82) is 0 Å². The van der Waals surface area contributed by atoms with Crippen LogP contribution in [0.3, 0.4) is 0 Å². The number of rotatable bonds is 13. The predicted octanol–water partition coefficient (Wildman–Crippen LogP) is 6.14. The zero-order valence-corrected chi connectivity index (χ0v) is 23.5. The van der Waals surface area contributed by atoms with Gasteiger partial charge >= 0.3 is 12.1 Å². The summed E-state index contributed by atoms with van der Waals surface area (Å²) in [5.74, 6) is -0.217. The lowest BCUT2D eigenvalue weighted by atomic mass is 10.0. The number of methoxy groups -OCH3 is 1. The van der Waals surface area contributed by atoms with Crippen LogP contribution in [0.15, 0.2) is 88.3 Å². The predicted molar refractivity (Wildman–Crippen MR) is 150 cm³/mol. The largest absolute Gasteiger partial charge is 0.489 e. The van der Waals surface area contributed by atoms with E-state index < -0.39 is 17.7 Å². The van der Waals surface area contributed by atoms with Crippen LogP contribution in [0.2, 0.25) is 0 Å². The van der Waals surface area contributed by atoms with E-state index in [1.54, 1.807) is 68.4 Å². The number of hydrogen-bond acceptors (Lipinski definition) is 9. The highest BCUT2D eigenvalue weighted by Gasteiger charge is 2.30. The van der Waals surface area contributed by atoms with E-state index in [1.165, 1.54) is 20.3 Å². The maximum absolute atomic E-state index is 13.0. The summed E-state index contributed by atoms with van der Waals surface area (Å²) >= 11 is 0. The fraction of sp³-hybridized carbons (Fsp3) is 0.267. The standard InChI is InChI=1S/C30H30F3N3O6/c1-5-41-36-27(20(2)34-42-19-23-10-6-7-12-26(23)28(35-39-4)29(37)38-3)22-13-15-25(16-14-22)40-18-21-9-8-11-24(17-21)30(31,32)33/h6-17H,5,18-19H2,1-4H3/b34-20-,35-28?,36-27-. The summed E-state index contributed by atoms with van der Waals surface area (Å²) < 4.78 is 49.4. The Kier molecular flexibility index (Phi) is 11.5. The Hall–Kier alpha value is -4.87. The SMILES string of the molecule is CCO/N=C(/C(C)=N\OCc1ccccc1C(=NOC)C(=O)OC)c1ccc(OCc2cccc(C(F)(F)F)c2)cc1. The quantitative estimate of drug-likeness (QED) is 0.136. The Balaban J connectivity index is 1.73. The molecule has 0 spiro atoms. The van der Waals surface area contributed by atoms with E-state index in [4.69, 9.17) is 24.0 Å². The van der Waals surface area contributed by atoms with Gasteiger partial charge in [-0.2, -0.15) is 13.2 Å². The van der Waals surface area contributed by atoms with Gasteiger partial charge in [-0.1, -0.05) is 51.9 Å². The molecule has 3 aromatic carbocycles. The summed E-state index contributed by atoms with van der Waals surface area (Å²) in [4.78, 5) is 27.9. The third-order valence-corrected chi connectivity index (χ3v) is 5.67. The molecule has 0 aliphatic heterocycles. The number of alkyl halides is 3. The van der Waals surface area contributed by atoms with Crippen molar-refractivity contribution in [2.45, 2.75) is 33.2 Å². The Morgan fingerprint density at radius 1 is 0.833 bits per heavy atom. The van der Waals surface area contributed by atoms with Crippen LogP contribution in [0.5, 0.6) is 5.75 Å². The molecule has 0 saturated carbocycles. The third kappa shape index (κ3) is 8.82. The zero-order chi connectivity index (χ0) is 30.5. The molecule has 0 radical (unpaired) electrons. The van der Waals surface area contributed by atoms with Gasteiger partial charge in [-0.3, -0.25) is 0 Å². The highest BCUT2D eigenvalue weighted by atomic mass is 19.4. The van der Waals surface area contributed by atoms with Crippen LogP contribution in [0.1, 0.15) is 41.7 Å². The molecule has 42 heavy (non-hydrogen) atoms. The fourth-order valence-electron chi connectivity index (χ4n) is 3.67. The first-order valence-electron chi connectivity index (χ1n) is 12.7. The molecule has 3 rings (SSSR count). The molecule has 0 aliphatic rings. The minimum Gasteiger partial charge on any atom is -0.489 e. The second-order valence-corrected chi connectivity index (χ2v) is 8.59. The summed E-state index contributed by atoms with van der Waals surface area (Å²) in [7, 11) is 2.57. The van der Waals surface area contributed by atoms with E-state index in [9.17, 15) is 18.0 Å². The minimum atomic E-state index is -4.43. The number of oxime groups is 3. The van der Waals surface area contributed by atoms with E-state index >= 15 is 0 Å². The Morgan fingerprint density at radius 2 is 1.57 bits per heavy atom. The molecule has 0 saturated heterocycles. The molecule has 0 atom stereocenters. The van der Waals surface area contributed by atoms with E-state index in [2.05, 4.69) is 15.5 Å². The van der Waals surface area contributed by atoms with Crippen molar-refractivity contribution in [3.63, 3.8) is 0 Å². The Labute approximate surface area is 241 Å². The van der Waals surface area contributed by atoms with E-state index in [-0.39, 0.29) is 18.9 Å². The maximum atomic E-state index is 13.0. The van der Waals surface area contributed by atoms with Crippen molar-refractivity contribution >= 4 is 23.1 Å². The normalized spacial score (nSPS) is 12.5. The van der Waals surface area contributed by atoms with Gasteiger partial charge in [0.2, 0.25) is 0 Å². The van der Waals surface area contributed by atoms with Gasteiger partial charge < -0.3 is 24.0 Å². The first-order chi connectivity index (χ1) is 20.2. The molecule has 0 heterocycles. The number of halogens is 3. The van der Waals surface area contributed by atoms with Crippen molar-refractivity contribution in [3.8, 4) is 5.75 Å². The molecule has 0 N–H and O–H groups in total. The van der Waals surface area contributed by atoms with Gasteiger partial charge in [0.1, 0.15) is 44.1 Å². The van der Waals surface area contributed by atoms with Crippen LogP contribution < -0.4 is 4.74 Å². The summed E-state index contributed by atoms with van der Waals surface area (Å²) in [5.41, 5.74) is 2.14. The van der Waals surface area contributed by atoms with E-state index in [1.807, 2.05) is 0 Å². The van der Waals surface area contributed by atoms with Crippen LogP contribution >= 0.6 is 0 Å². The molecular weight excluding hydrogens is 555 g/mol. The number of benzene rings is 3. The molecule has 0 fully saturated rings. The number of ether oxygens (including phenoxy) is 2. The zero-order valence-electron chi connectivity index (χ0n) is 23.5. The van der Waals surface area contributed by atoms with Crippen molar-refractivity contribution in [2.24, 2.45) is 15.5 Å². The highest BCUT2D eigenvalue weighted by Crippen LogP contribution is 2.29. The molecular formula is C30H30F3N3O6. The number of carbonyl (C=O) groups excluding carboxylic acids is 1. The van der Waals surface area contributed by atoms with Gasteiger partial charge in [0.25, 0.3) is 0 Å². The van der Waals surface area contributed by atoms with Gasteiger partial charge in [-0.15, -0.1) is 0 Å². The fourth-order valence-corrected chi connectivity index (χ4v) is 3.67. The van der Waals surface area contributed by atoms with Crippen LogP contribution in [-0.2, 0) is 43.4 Å². The van der Waals surface area contributed by atoms with Crippen LogP contribution in [0.4, 0.5) is 13.2 Å². The highest BCUT2D eigenvalue weighted by molar-refractivity contribution is 6.47. The Morgan fingerprint density at radius 3 is 2.24 bits per heavy atom. The summed E-state index contributed by atoms with van der Waals surface area (Å²) in [5, 5.41) is 12.1. The smallest absolute Gasteiger partial charge is 0.416 e. The van der Waals surface area contributed by atoms with Crippen molar-refractivity contribution in [2.75, 3.05) is 20.8 Å². The third-order valence-electron chi connectivity index (χ3n) is 5.67. The molecule has 0 unspecified atom stereocenters. The lowest BCUT2D eigenvalue weighted by Crippen LogP contribution is -2.19. The molecule has 0 aromatic heterocycles. The number of hydrogen-bond donors (Lipinski definition) is 0. The lowest BCUT2D eigenvalue weighted by Gasteiger charge is -2.11. The molecule has 0 bridgehead atoms. The van der Waals surface area contributed by atoms with E-state index in [0.29, 0.717) is 46.0 Å². The van der Waals surface area contributed by atoms with Gasteiger partial charge in [0, 0.05) is 16.7 Å². The molecule has 222 valence electrons. The molecule has 3 aromatic rings. The monoisotopic (exact) mass is 585 g/mol. The molecule has 0 aliphatic carbocycles. The average Bonchev–Trinajstić information content (AvgIpc) is 2.99.